The zero-order chi connectivity index (χ0) is 30.1. The first-order valence-corrected chi connectivity index (χ1v) is 14.5. The van der Waals surface area contributed by atoms with Crippen LogP contribution in [0.25, 0.3) is 22.2 Å². The topological polar surface area (TPSA) is 114 Å². The Bertz CT molecular complexity index is 1590. The van der Waals surface area contributed by atoms with Crippen LogP contribution in [0.1, 0.15) is 6.92 Å². The molecular formula is C31H36FN9O2. The van der Waals surface area contributed by atoms with Crippen LogP contribution in [0.3, 0.4) is 0 Å². The lowest BCUT2D eigenvalue weighted by Crippen LogP contribution is -2.56. The molecule has 2 aromatic carbocycles. The van der Waals surface area contributed by atoms with E-state index >= 15 is 0 Å². The highest BCUT2D eigenvalue weighted by Gasteiger charge is 2.40. The highest BCUT2D eigenvalue weighted by molar-refractivity contribution is 5.99. The van der Waals surface area contributed by atoms with Crippen LogP contribution in [-0.4, -0.2) is 112 Å². The summed E-state index contributed by atoms with van der Waals surface area (Å²) in [6, 6.07) is 13.6. The van der Waals surface area contributed by atoms with Gasteiger partial charge in [0.25, 0.3) is 0 Å². The van der Waals surface area contributed by atoms with E-state index in [4.69, 9.17) is 0 Å². The van der Waals surface area contributed by atoms with Gasteiger partial charge in [0.15, 0.2) is 0 Å². The van der Waals surface area contributed by atoms with Gasteiger partial charge in [-0.25, -0.2) is 14.4 Å². The summed E-state index contributed by atoms with van der Waals surface area (Å²) in [5, 5.41) is 11.3. The molecule has 12 heteroatoms. The Morgan fingerprint density at radius 3 is 2.53 bits per heavy atom. The normalized spacial score (nSPS) is 21.1. The monoisotopic (exact) mass is 585 g/mol. The van der Waals surface area contributed by atoms with Crippen molar-refractivity contribution in [2.75, 3.05) is 63.6 Å². The summed E-state index contributed by atoms with van der Waals surface area (Å²) in [4.78, 5) is 43.9. The summed E-state index contributed by atoms with van der Waals surface area (Å²) in [6.07, 6.45) is 3.46. The largest absolute Gasteiger partial charge is 0.337 e. The molecule has 2 fully saturated rings. The van der Waals surface area contributed by atoms with E-state index in [0.29, 0.717) is 50.1 Å². The van der Waals surface area contributed by atoms with Gasteiger partial charge in [0.05, 0.1) is 23.7 Å². The van der Waals surface area contributed by atoms with Crippen molar-refractivity contribution in [2.45, 2.75) is 19.0 Å². The van der Waals surface area contributed by atoms with E-state index in [9.17, 15) is 14.0 Å². The number of rotatable bonds is 7. The van der Waals surface area contributed by atoms with Crippen molar-refractivity contribution in [2.24, 2.45) is 5.92 Å². The molecule has 6 rings (SSSR count). The zero-order valence-electron chi connectivity index (χ0n) is 24.6. The van der Waals surface area contributed by atoms with E-state index in [2.05, 4.69) is 40.2 Å². The lowest BCUT2D eigenvalue weighted by Gasteiger charge is -2.40. The summed E-state index contributed by atoms with van der Waals surface area (Å²) in [6.45, 7) is 5.38. The third-order valence-corrected chi connectivity index (χ3v) is 8.45. The number of carbonyl (C=O) groups excluding carboxylic acids is 2. The number of nitrogens with one attached hydrogen (secondary N) is 2. The minimum Gasteiger partial charge on any atom is -0.337 e. The summed E-state index contributed by atoms with van der Waals surface area (Å²) in [7, 11) is 3.94. The fraction of sp³-hybridized carbons (Fsp3) is 0.387. The Kier molecular flexibility index (Phi) is 8.04. The van der Waals surface area contributed by atoms with E-state index in [1.807, 2.05) is 44.1 Å². The number of halogens is 1. The minimum absolute atomic E-state index is 0.0223. The van der Waals surface area contributed by atoms with Gasteiger partial charge in [0.2, 0.25) is 17.8 Å². The Morgan fingerprint density at radius 2 is 1.81 bits per heavy atom. The fourth-order valence-corrected chi connectivity index (χ4v) is 6.18. The number of amides is 2. The Hall–Kier alpha value is -4.42. The fourth-order valence-electron chi connectivity index (χ4n) is 6.18. The highest BCUT2D eigenvalue weighted by atomic mass is 19.1. The summed E-state index contributed by atoms with van der Waals surface area (Å²) in [5.41, 5.74) is 2.95. The van der Waals surface area contributed by atoms with Crippen LogP contribution >= 0.6 is 0 Å². The van der Waals surface area contributed by atoms with Crippen molar-refractivity contribution >= 4 is 34.4 Å². The van der Waals surface area contributed by atoms with Crippen LogP contribution in [0, 0.1) is 11.7 Å². The van der Waals surface area contributed by atoms with E-state index in [1.54, 1.807) is 30.6 Å². The molecule has 2 unspecified atom stereocenters. The third kappa shape index (κ3) is 6.06. The number of hydrogen-bond donors (Lipinski definition) is 2. The maximum atomic E-state index is 13.6. The number of fused-ring (bicyclic) bond motifs is 1. The average molecular weight is 586 g/mol. The highest BCUT2D eigenvalue weighted by Crippen LogP contribution is 2.30. The predicted octanol–water partition coefficient (Wildman–Crippen LogP) is 2.70. The van der Waals surface area contributed by atoms with Crippen molar-refractivity contribution in [1.29, 1.82) is 0 Å². The van der Waals surface area contributed by atoms with Crippen LogP contribution in [0.15, 0.2) is 60.9 Å². The number of H-pyrrole nitrogens is 1. The van der Waals surface area contributed by atoms with E-state index < -0.39 is 0 Å². The number of nitrogens with zero attached hydrogens (tertiary/aromatic N) is 7. The Balaban J connectivity index is 1.10. The van der Waals surface area contributed by atoms with Crippen molar-refractivity contribution in [3.05, 3.63) is 66.7 Å². The molecule has 0 saturated carbocycles. The van der Waals surface area contributed by atoms with Crippen LogP contribution in [0.5, 0.6) is 0 Å². The maximum absolute atomic E-state index is 13.6. The molecule has 2 saturated heterocycles. The van der Waals surface area contributed by atoms with Crippen LogP contribution in [0.4, 0.5) is 16.0 Å². The summed E-state index contributed by atoms with van der Waals surface area (Å²) >= 11 is 0. The van der Waals surface area contributed by atoms with Gasteiger partial charge in [-0.15, -0.1) is 0 Å². The first-order chi connectivity index (χ1) is 20.8. The zero-order valence-corrected chi connectivity index (χ0v) is 24.6. The van der Waals surface area contributed by atoms with E-state index in [0.717, 1.165) is 16.5 Å². The molecule has 0 bridgehead atoms. The smallest absolute Gasteiger partial charge is 0.237 e. The minimum atomic E-state index is -0.316. The number of likely N-dealkylation sites (tertiary alicyclic amines) is 1. The van der Waals surface area contributed by atoms with Gasteiger partial charge in [-0.1, -0.05) is 0 Å². The summed E-state index contributed by atoms with van der Waals surface area (Å²) < 4.78 is 13.5. The number of carbonyl (C=O) groups is 2. The molecule has 4 aromatic rings. The second-order valence-electron chi connectivity index (χ2n) is 11.6. The van der Waals surface area contributed by atoms with Crippen molar-refractivity contribution in [3.8, 4) is 11.3 Å². The first kappa shape index (κ1) is 28.7. The Labute approximate surface area is 249 Å². The van der Waals surface area contributed by atoms with Crippen molar-refractivity contribution < 1.29 is 14.0 Å². The Morgan fingerprint density at radius 1 is 1.05 bits per heavy atom. The standard InChI is InChI=1S/C31H36FN9O2/c1-20-16-40(31-33-11-4-12-34-31)13-14-41(20)28(42)19-39-17-25(27(18-39)38(2)3)30(43)35-23-9-10-26-24(15-23)29(37-36-26)21-5-7-22(32)8-6-21/h4-12,15,20,25,27H,13-14,16-19H2,1-3H3,(H,35,43)(H,36,37)/t20-,25?,27?/m1/s1. The molecule has 43 heavy (non-hydrogen) atoms. The second-order valence-corrected chi connectivity index (χ2v) is 11.6. The molecule has 224 valence electrons. The van der Waals surface area contributed by atoms with Crippen molar-refractivity contribution in [3.63, 3.8) is 0 Å². The molecule has 2 aromatic heterocycles. The van der Waals surface area contributed by atoms with Crippen LogP contribution in [-0.2, 0) is 9.59 Å². The number of hydrogen-bond acceptors (Lipinski definition) is 8. The van der Waals surface area contributed by atoms with Gasteiger partial charge in [-0.2, -0.15) is 5.10 Å². The average Bonchev–Trinajstić information content (AvgIpc) is 3.62. The number of likely N-dealkylation sites (N-methyl/N-ethyl adjacent to an activating group) is 1. The van der Waals surface area contributed by atoms with Gasteiger partial charge in [-0.05, 0) is 69.6 Å². The molecule has 2 amide bonds. The lowest BCUT2D eigenvalue weighted by atomic mass is 10.0. The number of aromatic amines is 1. The molecule has 0 aliphatic carbocycles. The quantitative estimate of drug-likeness (QED) is 0.341. The maximum Gasteiger partial charge on any atom is 0.237 e. The van der Waals surface area contributed by atoms with Gasteiger partial charge in [0, 0.05) is 73.8 Å². The van der Waals surface area contributed by atoms with Crippen LogP contribution in [0.2, 0.25) is 0 Å². The van der Waals surface area contributed by atoms with Gasteiger partial charge < -0.3 is 20.0 Å². The molecule has 2 N–H and O–H groups in total. The van der Waals surface area contributed by atoms with E-state index in [1.165, 1.54) is 12.1 Å². The third-order valence-electron chi connectivity index (χ3n) is 8.45. The predicted molar refractivity (Wildman–Crippen MR) is 163 cm³/mol. The van der Waals surface area contributed by atoms with Crippen molar-refractivity contribution in [1.82, 2.24) is 34.9 Å². The number of anilines is 2. The number of piperazine rings is 1. The van der Waals surface area contributed by atoms with E-state index in [-0.39, 0.29) is 42.2 Å². The molecule has 0 spiro atoms. The number of benzene rings is 2. The molecular weight excluding hydrogens is 549 g/mol. The molecule has 3 atom stereocenters. The van der Waals surface area contributed by atoms with Gasteiger partial charge >= 0.3 is 0 Å². The first-order valence-electron chi connectivity index (χ1n) is 14.5. The van der Waals surface area contributed by atoms with Gasteiger partial charge in [0.1, 0.15) is 5.82 Å². The molecule has 0 radical (unpaired) electrons. The van der Waals surface area contributed by atoms with Crippen LogP contribution < -0.4 is 10.2 Å². The molecule has 11 nitrogen and oxygen atoms in total. The van der Waals surface area contributed by atoms with Gasteiger partial charge in [-0.3, -0.25) is 19.6 Å². The molecule has 4 heterocycles. The lowest BCUT2D eigenvalue weighted by molar-refractivity contribution is -0.134. The molecule has 2 aliphatic rings. The SMILES string of the molecule is C[C@@H]1CN(c2ncccn2)CCN1C(=O)CN1CC(C(=O)Nc2ccc3[nH]nc(-c4ccc(F)cc4)c3c2)C(N(C)C)C1. The number of aromatic nitrogens is 4. The second kappa shape index (κ2) is 12.1. The molecule has 2 aliphatic heterocycles. The summed E-state index contributed by atoms with van der Waals surface area (Å²) in [5.74, 6) is 0.0313.